The molecule has 0 fully saturated rings. The molecule has 2 aromatic rings. The van der Waals surface area contributed by atoms with Gasteiger partial charge in [-0.05, 0) is 28.6 Å². The molecule has 1 aromatic heterocycles. The van der Waals surface area contributed by atoms with Crippen LogP contribution in [0.5, 0.6) is 11.5 Å². The van der Waals surface area contributed by atoms with E-state index in [4.69, 9.17) is 9.47 Å². The first-order chi connectivity index (χ1) is 9.15. The zero-order chi connectivity index (χ0) is 13.8. The van der Waals surface area contributed by atoms with Gasteiger partial charge in [0.15, 0.2) is 11.5 Å². The van der Waals surface area contributed by atoms with Gasteiger partial charge in [-0.15, -0.1) is 0 Å². The van der Waals surface area contributed by atoms with E-state index in [9.17, 15) is 4.79 Å². The van der Waals surface area contributed by atoms with Crippen molar-refractivity contribution in [2.75, 3.05) is 19.5 Å². The Morgan fingerprint density at radius 2 is 2.00 bits per heavy atom. The van der Waals surface area contributed by atoms with E-state index >= 15 is 0 Å². The molecule has 0 aliphatic rings. The van der Waals surface area contributed by atoms with Crippen LogP contribution < -0.4 is 14.8 Å². The van der Waals surface area contributed by atoms with Crippen molar-refractivity contribution in [3.05, 3.63) is 23.8 Å². The first-order valence-corrected chi connectivity index (χ1v) is 5.41. The lowest BCUT2D eigenvalue weighted by Gasteiger charge is -2.09. The summed E-state index contributed by atoms with van der Waals surface area (Å²) in [5, 5.41) is 13.3. The van der Waals surface area contributed by atoms with Crippen LogP contribution in [0.4, 0.5) is 5.95 Å². The number of hydrogen-bond acceptors (Lipinski definition) is 6. The van der Waals surface area contributed by atoms with E-state index in [1.54, 1.807) is 25.2 Å². The second-order valence-electron chi connectivity index (χ2n) is 3.65. The van der Waals surface area contributed by atoms with Gasteiger partial charge in [-0.3, -0.25) is 10.1 Å². The Balaban J connectivity index is 2.22. The van der Waals surface area contributed by atoms with Crippen molar-refractivity contribution in [3.8, 4) is 11.5 Å². The number of nitrogens with one attached hydrogen (secondary N) is 1. The second kappa shape index (κ2) is 5.34. The molecular formula is C11H13N5O3. The van der Waals surface area contributed by atoms with Crippen molar-refractivity contribution in [1.29, 1.82) is 0 Å². The van der Waals surface area contributed by atoms with Gasteiger partial charge in [0.1, 0.15) is 0 Å². The Labute approximate surface area is 109 Å². The van der Waals surface area contributed by atoms with Crippen molar-refractivity contribution in [2.45, 2.75) is 0 Å². The standard InChI is InChI=1S/C11H13N5O3/c1-16-11(13-14-15-16)12-10(17)7-4-5-8(18-2)9(6-7)19-3/h4-6H,1-3H3,(H,12,13,15,17). The van der Waals surface area contributed by atoms with E-state index in [0.29, 0.717) is 17.1 Å². The molecule has 0 aliphatic carbocycles. The fourth-order valence-electron chi connectivity index (χ4n) is 1.49. The maximum atomic E-state index is 12.0. The number of ether oxygens (including phenoxy) is 2. The number of amides is 1. The number of aromatic nitrogens is 4. The summed E-state index contributed by atoms with van der Waals surface area (Å²) in [6.07, 6.45) is 0. The summed E-state index contributed by atoms with van der Waals surface area (Å²) in [5.74, 6) is 0.962. The molecule has 8 heteroatoms. The lowest BCUT2D eigenvalue weighted by Crippen LogP contribution is -2.15. The van der Waals surface area contributed by atoms with Crippen LogP contribution >= 0.6 is 0 Å². The number of anilines is 1. The number of tetrazole rings is 1. The number of hydrogen-bond donors (Lipinski definition) is 1. The number of nitrogens with zero attached hydrogens (tertiary/aromatic N) is 4. The summed E-state index contributed by atoms with van der Waals surface area (Å²) in [7, 11) is 4.67. The van der Waals surface area contributed by atoms with Crippen LogP contribution in [0.15, 0.2) is 18.2 Å². The van der Waals surface area contributed by atoms with Crippen molar-refractivity contribution in [3.63, 3.8) is 0 Å². The van der Waals surface area contributed by atoms with Crippen molar-refractivity contribution < 1.29 is 14.3 Å². The Morgan fingerprint density at radius 3 is 2.58 bits per heavy atom. The first kappa shape index (κ1) is 12.8. The molecule has 100 valence electrons. The predicted octanol–water partition coefficient (Wildman–Crippen LogP) is 0.480. The quantitative estimate of drug-likeness (QED) is 0.862. The molecule has 8 nitrogen and oxygen atoms in total. The smallest absolute Gasteiger partial charge is 0.258 e. The molecule has 0 atom stereocenters. The number of aryl methyl sites for hydroxylation is 1. The van der Waals surface area contributed by atoms with Gasteiger partial charge in [-0.1, -0.05) is 5.10 Å². The highest BCUT2D eigenvalue weighted by Crippen LogP contribution is 2.27. The molecule has 1 heterocycles. The summed E-state index contributed by atoms with van der Waals surface area (Å²) in [6.45, 7) is 0. The summed E-state index contributed by atoms with van der Waals surface area (Å²) in [6, 6.07) is 4.86. The number of rotatable bonds is 4. The van der Waals surface area contributed by atoms with Crippen LogP contribution in [0.1, 0.15) is 10.4 Å². The number of carbonyl (C=O) groups excluding carboxylic acids is 1. The molecule has 0 radical (unpaired) electrons. The normalized spacial score (nSPS) is 10.1. The van der Waals surface area contributed by atoms with E-state index in [1.807, 2.05) is 0 Å². The number of carbonyl (C=O) groups is 1. The molecular weight excluding hydrogens is 250 g/mol. The Kier molecular flexibility index (Phi) is 3.60. The summed E-state index contributed by atoms with van der Waals surface area (Å²) in [4.78, 5) is 12.0. The van der Waals surface area contributed by atoms with Gasteiger partial charge in [0.2, 0.25) is 5.95 Å². The molecule has 0 spiro atoms. The van der Waals surface area contributed by atoms with E-state index in [1.165, 1.54) is 18.9 Å². The topological polar surface area (TPSA) is 91.2 Å². The zero-order valence-corrected chi connectivity index (χ0v) is 10.7. The van der Waals surface area contributed by atoms with Crippen LogP contribution in [0.2, 0.25) is 0 Å². The lowest BCUT2D eigenvalue weighted by molar-refractivity contribution is 0.102. The van der Waals surface area contributed by atoms with E-state index in [2.05, 4.69) is 20.8 Å². The van der Waals surface area contributed by atoms with Gasteiger partial charge in [0.05, 0.1) is 14.2 Å². The lowest BCUT2D eigenvalue weighted by atomic mass is 10.2. The van der Waals surface area contributed by atoms with E-state index in [0.717, 1.165) is 0 Å². The zero-order valence-electron chi connectivity index (χ0n) is 10.7. The van der Waals surface area contributed by atoms with Crippen LogP contribution in [0, 0.1) is 0 Å². The monoisotopic (exact) mass is 263 g/mol. The fraction of sp³-hybridized carbons (Fsp3) is 0.273. The fourth-order valence-corrected chi connectivity index (χ4v) is 1.49. The highest BCUT2D eigenvalue weighted by molar-refractivity contribution is 6.03. The predicted molar refractivity (Wildman–Crippen MR) is 66.3 cm³/mol. The Bertz CT molecular complexity index is 596. The summed E-state index contributed by atoms with van der Waals surface area (Å²) < 4.78 is 11.6. The van der Waals surface area contributed by atoms with Gasteiger partial charge in [0.25, 0.3) is 5.91 Å². The SMILES string of the molecule is COc1ccc(C(=O)Nc2nnnn2C)cc1OC. The Hall–Kier alpha value is -2.64. The average molecular weight is 263 g/mol. The summed E-state index contributed by atoms with van der Waals surface area (Å²) >= 11 is 0. The van der Waals surface area contributed by atoms with Gasteiger partial charge >= 0.3 is 0 Å². The van der Waals surface area contributed by atoms with Gasteiger partial charge in [-0.25, -0.2) is 4.68 Å². The van der Waals surface area contributed by atoms with Crippen LogP contribution in [-0.2, 0) is 7.05 Å². The summed E-state index contributed by atoms with van der Waals surface area (Å²) in [5.41, 5.74) is 0.417. The van der Waals surface area contributed by atoms with Gasteiger partial charge in [0, 0.05) is 12.6 Å². The van der Waals surface area contributed by atoms with Crippen molar-refractivity contribution in [1.82, 2.24) is 20.2 Å². The maximum absolute atomic E-state index is 12.0. The van der Waals surface area contributed by atoms with Crippen LogP contribution in [0.25, 0.3) is 0 Å². The first-order valence-electron chi connectivity index (χ1n) is 5.41. The largest absolute Gasteiger partial charge is 0.493 e. The van der Waals surface area contributed by atoms with Gasteiger partial charge in [-0.2, -0.15) is 0 Å². The number of benzene rings is 1. The van der Waals surface area contributed by atoms with Crippen molar-refractivity contribution in [2.24, 2.45) is 7.05 Å². The molecule has 1 amide bonds. The molecule has 1 aromatic carbocycles. The second-order valence-corrected chi connectivity index (χ2v) is 3.65. The minimum absolute atomic E-state index is 0.264. The average Bonchev–Trinajstić information content (AvgIpc) is 2.83. The third-order valence-electron chi connectivity index (χ3n) is 2.49. The van der Waals surface area contributed by atoms with E-state index in [-0.39, 0.29) is 11.9 Å². The van der Waals surface area contributed by atoms with Crippen LogP contribution in [-0.4, -0.2) is 40.3 Å². The molecule has 0 saturated carbocycles. The van der Waals surface area contributed by atoms with Crippen LogP contribution in [0.3, 0.4) is 0 Å². The van der Waals surface area contributed by atoms with Gasteiger partial charge < -0.3 is 9.47 Å². The van der Waals surface area contributed by atoms with Crippen molar-refractivity contribution >= 4 is 11.9 Å². The molecule has 19 heavy (non-hydrogen) atoms. The molecule has 1 N–H and O–H groups in total. The molecule has 0 bridgehead atoms. The van der Waals surface area contributed by atoms with E-state index < -0.39 is 0 Å². The highest BCUT2D eigenvalue weighted by Gasteiger charge is 2.13. The minimum atomic E-state index is -0.334. The molecule has 0 unspecified atom stereocenters. The highest BCUT2D eigenvalue weighted by atomic mass is 16.5. The number of methoxy groups -OCH3 is 2. The third-order valence-corrected chi connectivity index (χ3v) is 2.49. The third kappa shape index (κ3) is 2.62. The molecule has 2 rings (SSSR count). The Morgan fingerprint density at radius 1 is 1.26 bits per heavy atom. The molecule has 0 aliphatic heterocycles. The molecule has 0 saturated heterocycles. The maximum Gasteiger partial charge on any atom is 0.258 e. The minimum Gasteiger partial charge on any atom is -0.493 e.